The number of carbonyl (C=O) groups is 1. The average molecular weight is 271 g/mol. The Morgan fingerprint density at radius 1 is 1.44 bits per heavy atom. The van der Waals surface area contributed by atoms with Gasteiger partial charge in [-0.2, -0.15) is 0 Å². The van der Waals surface area contributed by atoms with Crippen molar-refractivity contribution in [2.24, 2.45) is 5.92 Å². The van der Waals surface area contributed by atoms with Gasteiger partial charge in [-0.1, -0.05) is 25.2 Å². The topological polar surface area (TPSA) is 84.1 Å². The van der Waals surface area contributed by atoms with E-state index < -0.39 is 0 Å². The number of amides is 1. The summed E-state index contributed by atoms with van der Waals surface area (Å²) >= 11 is 1.11. The molecule has 18 heavy (non-hydrogen) atoms. The van der Waals surface area contributed by atoms with Gasteiger partial charge >= 0.3 is 0 Å². The van der Waals surface area contributed by atoms with Crippen molar-refractivity contribution >= 4 is 22.4 Å². The van der Waals surface area contributed by atoms with Gasteiger partial charge in [-0.25, -0.2) is 0 Å². The van der Waals surface area contributed by atoms with Crippen molar-refractivity contribution in [1.29, 1.82) is 0 Å². The highest BCUT2D eigenvalue weighted by Gasteiger charge is 2.18. The van der Waals surface area contributed by atoms with Gasteiger partial charge in [0, 0.05) is 12.6 Å². The maximum atomic E-state index is 12.0. The predicted octanol–water partition coefficient (Wildman–Crippen LogP) is 0.826. The molecule has 1 aromatic rings. The molecule has 1 amide bonds. The van der Waals surface area contributed by atoms with Crippen molar-refractivity contribution in [3.05, 3.63) is 5.01 Å². The second kappa shape index (κ2) is 6.65. The Bertz CT molecular complexity index is 381. The Morgan fingerprint density at radius 2 is 2.11 bits per heavy atom. The summed E-state index contributed by atoms with van der Waals surface area (Å²) in [4.78, 5) is 14.0. The number of rotatable bonds is 6. The van der Waals surface area contributed by atoms with Crippen LogP contribution in [0.4, 0.5) is 5.13 Å². The summed E-state index contributed by atoms with van der Waals surface area (Å²) in [5.41, 5.74) is 5.47. The highest BCUT2D eigenvalue weighted by atomic mass is 32.1. The molecule has 6 nitrogen and oxygen atoms in total. The molecule has 102 valence electrons. The molecule has 0 bridgehead atoms. The lowest BCUT2D eigenvalue weighted by Crippen LogP contribution is -2.42. The molecule has 0 spiro atoms. The molecule has 0 aromatic carbocycles. The molecule has 0 fully saturated rings. The highest BCUT2D eigenvalue weighted by Crippen LogP contribution is 2.12. The molecular weight excluding hydrogens is 250 g/mol. The average Bonchev–Trinajstić information content (AvgIpc) is 2.62. The maximum absolute atomic E-state index is 12.0. The van der Waals surface area contributed by atoms with E-state index in [2.05, 4.69) is 34.3 Å². The van der Waals surface area contributed by atoms with Gasteiger partial charge < -0.3 is 16.0 Å². The first-order chi connectivity index (χ1) is 8.38. The summed E-state index contributed by atoms with van der Waals surface area (Å²) in [6, 6.07) is 0.109. The molecule has 1 atom stereocenters. The van der Waals surface area contributed by atoms with Crippen LogP contribution in [0.1, 0.15) is 30.1 Å². The van der Waals surface area contributed by atoms with Crippen LogP contribution in [0.5, 0.6) is 0 Å². The Labute approximate surface area is 112 Å². The lowest BCUT2D eigenvalue weighted by atomic mass is 10.0. The van der Waals surface area contributed by atoms with Gasteiger partial charge in [0.1, 0.15) is 0 Å². The SMILES string of the molecule is CC(C)CC(CN(C)C)NC(=O)c1nnc(N)s1. The molecule has 1 aromatic heterocycles. The van der Waals surface area contributed by atoms with Gasteiger partial charge in [0.25, 0.3) is 5.91 Å². The molecule has 0 saturated carbocycles. The van der Waals surface area contributed by atoms with Gasteiger partial charge in [0.15, 0.2) is 0 Å². The van der Waals surface area contributed by atoms with Crippen molar-refractivity contribution in [3.63, 3.8) is 0 Å². The third-order valence-electron chi connectivity index (χ3n) is 2.31. The van der Waals surface area contributed by atoms with E-state index >= 15 is 0 Å². The van der Waals surface area contributed by atoms with Crippen molar-refractivity contribution in [2.45, 2.75) is 26.3 Å². The Kier molecular flexibility index (Phi) is 5.49. The van der Waals surface area contributed by atoms with Crippen LogP contribution in [0.2, 0.25) is 0 Å². The molecule has 0 saturated heterocycles. The normalized spacial score (nSPS) is 13.0. The highest BCUT2D eigenvalue weighted by molar-refractivity contribution is 7.16. The second-order valence-electron chi connectivity index (χ2n) is 5.01. The molecule has 1 unspecified atom stereocenters. The number of nitrogen functional groups attached to an aromatic ring is 1. The largest absolute Gasteiger partial charge is 0.374 e. The number of aromatic nitrogens is 2. The van der Waals surface area contributed by atoms with E-state index in [-0.39, 0.29) is 11.9 Å². The third-order valence-corrected chi connectivity index (χ3v) is 3.06. The van der Waals surface area contributed by atoms with Gasteiger partial charge in [-0.15, -0.1) is 10.2 Å². The van der Waals surface area contributed by atoms with Crippen molar-refractivity contribution in [1.82, 2.24) is 20.4 Å². The first kappa shape index (κ1) is 14.8. The number of anilines is 1. The van der Waals surface area contributed by atoms with Gasteiger partial charge in [-0.3, -0.25) is 4.79 Å². The van der Waals surface area contributed by atoms with Crippen LogP contribution < -0.4 is 11.1 Å². The molecule has 0 aliphatic heterocycles. The zero-order chi connectivity index (χ0) is 13.7. The zero-order valence-electron chi connectivity index (χ0n) is 11.3. The maximum Gasteiger partial charge on any atom is 0.282 e. The van der Waals surface area contributed by atoms with Crippen LogP contribution in [-0.2, 0) is 0 Å². The monoisotopic (exact) mass is 271 g/mol. The Balaban J connectivity index is 2.61. The second-order valence-corrected chi connectivity index (χ2v) is 6.02. The zero-order valence-corrected chi connectivity index (χ0v) is 12.1. The number of nitrogens with one attached hydrogen (secondary N) is 1. The van der Waals surface area contributed by atoms with Gasteiger partial charge in [-0.05, 0) is 26.4 Å². The molecule has 3 N–H and O–H groups in total. The first-order valence-electron chi connectivity index (χ1n) is 5.93. The quantitative estimate of drug-likeness (QED) is 0.800. The van der Waals surface area contributed by atoms with Crippen LogP contribution in [0, 0.1) is 5.92 Å². The number of hydrogen-bond donors (Lipinski definition) is 2. The van der Waals surface area contributed by atoms with E-state index in [1.54, 1.807) is 0 Å². The van der Waals surface area contributed by atoms with E-state index in [1.807, 2.05) is 14.1 Å². The lowest BCUT2D eigenvalue weighted by Gasteiger charge is -2.23. The molecule has 0 aliphatic carbocycles. The number of nitrogens with zero attached hydrogens (tertiary/aromatic N) is 3. The molecule has 1 heterocycles. The van der Waals surface area contributed by atoms with Gasteiger partial charge in [0.2, 0.25) is 10.1 Å². The first-order valence-corrected chi connectivity index (χ1v) is 6.74. The summed E-state index contributed by atoms with van der Waals surface area (Å²) in [5, 5.41) is 11.0. The summed E-state index contributed by atoms with van der Waals surface area (Å²) in [6.07, 6.45) is 0.929. The van der Waals surface area contributed by atoms with Crippen LogP contribution in [0.3, 0.4) is 0 Å². The fourth-order valence-electron chi connectivity index (χ4n) is 1.76. The van der Waals surface area contributed by atoms with E-state index in [0.29, 0.717) is 16.1 Å². The van der Waals surface area contributed by atoms with Crippen molar-refractivity contribution in [3.8, 4) is 0 Å². The minimum Gasteiger partial charge on any atom is -0.374 e. The predicted molar refractivity (Wildman–Crippen MR) is 73.6 cm³/mol. The van der Waals surface area contributed by atoms with Crippen LogP contribution >= 0.6 is 11.3 Å². The standard InChI is InChI=1S/C11H21N5OS/c1-7(2)5-8(6-16(3)4)13-9(17)10-14-15-11(12)18-10/h7-8H,5-6H2,1-4H3,(H2,12,15)(H,13,17). The van der Waals surface area contributed by atoms with Crippen LogP contribution in [-0.4, -0.2) is 47.7 Å². The van der Waals surface area contributed by atoms with Gasteiger partial charge in [0.05, 0.1) is 0 Å². The molecule has 0 radical (unpaired) electrons. The van der Waals surface area contributed by atoms with E-state index in [4.69, 9.17) is 5.73 Å². The minimum absolute atomic E-state index is 0.109. The fraction of sp³-hybridized carbons (Fsp3) is 0.727. The molecular formula is C11H21N5OS. The fourth-order valence-corrected chi connectivity index (χ4v) is 2.28. The Hall–Kier alpha value is -1.21. The van der Waals surface area contributed by atoms with Crippen LogP contribution in [0.25, 0.3) is 0 Å². The molecule has 7 heteroatoms. The number of hydrogen-bond acceptors (Lipinski definition) is 6. The third kappa shape index (κ3) is 4.97. The summed E-state index contributed by atoms with van der Waals surface area (Å²) in [6.45, 7) is 5.08. The number of likely N-dealkylation sites (N-methyl/N-ethyl adjacent to an activating group) is 1. The van der Waals surface area contributed by atoms with Crippen molar-refractivity contribution in [2.75, 3.05) is 26.4 Å². The van der Waals surface area contributed by atoms with E-state index in [1.165, 1.54) is 0 Å². The summed E-state index contributed by atoms with van der Waals surface area (Å²) in [7, 11) is 3.98. The Morgan fingerprint density at radius 3 is 2.56 bits per heavy atom. The number of nitrogens with two attached hydrogens (primary N) is 1. The van der Waals surface area contributed by atoms with Crippen molar-refractivity contribution < 1.29 is 4.79 Å². The minimum atomic E-state index is -0.197. The van der Waals surface area contributed by atoms with E-state index in [9.17, 15) is 4.79 Å². The molecule has 1 rings (SSSR count). The smallest absolute Gasteiger partial charge is 0.282 e. The summed E-state index contributed by atoms with van der Waals surface area (Å²) < 4.78 is 0. The summed E-state index contributed by atoms with van der Waals surface area (Å²) in [5.74, 6) is 0.325. The van der Waals surface area contributed by atoms with Crippen LogP contribution in [0.15, 0.2) is 0 Å². The van der Waals surface area contributed by atoms with E-state index in [0.717, 1.165) is 24.3 Å². The number of carbonyl (C=O) groups excluding carboxylic acids is 1. The lowest BCUT2D eigenvalue weighted by molar-refractivity contribution is 0.0923. The molecule has 0 aliphatic rings.